The van der Waals surface area contributed by atoms with E-state index >= 15 is 0 Å². The third-order valence-corrected chi connectivity index (χ3v) is 2.26. The van der Waals surface area contributed by atoms with Crippen LogP contribution in [0.2, 0.25) is 0 Å². The Bertz CT molecular complexity index is 431. The van der Waals surface area contributed by atoms with E-state index in [2.05, 4.69) is 4.98 Å². The second-order valence-electron chi connectivity index (χ2n) is 3.00. The number of benzene rings is 1. The first-order chi connectivity index (χ1) is 5.70. The molecule has 0 aliphatic carbocycles. The van der Waals surface area contributed by atoms with Gasteiger partial charge in [-0.15, -0.1) is 0 Å². The van der Waals surface area contributed by atoms with Crippen LogP contribution in [0.15, 0.2) is 18.5 Å². The van der Waals surface area contributed by atoms with Gasteiger partial charge >= 0.3 is 0 Å². The Hall–Kier alpha value is -1.51. The molecule has 3 heteroatoms. The molecule has 12 heavy (non-hydrogen) atoms. The molecule has 0 spiro atoms. The standard InChI is InChI=1S/C9H10N2O/c1-6-3-4-8-9(7(6)2)11(12)5-10-8/h3-5,10H,1-2H3. The summed E-state index contributed by atoms with van der Waals surface area (Å²) >= 11 is 0. The first-order valence-corrected chi connectivity index (χ1v) is 3.86. The fraction of sp³-hybridized carbons (Fsp3) is 0.222. The molecule has 0 bridgehead atoms. The van der Waals surface area contributed by atoms with Crippen molar-refractivity contribution >= 4 is 11.0 Å². The van der Waals surface area contributed by atoms with Crippen LogP contribution >= 0.6 is 0 Å². The predicted molar refractivity (Wildman–Crippen MR) is 46.7 cm³/mol. The lowest BCUT2D eigenvalue weighted by atomic mass is 10.1. The molecule has 1 N–H and O–H groups in total. The van der Waals surface area contributed by atoms with Crippen molar-refractivity contribution < 1.29 is 4.73 Å². The SMILES string of the molecule is Cc1ccc2[nH]c[n+]([O-])c2c1C. The fourth-order valence-corrected chi connectivity index (χ4v) is 1.39. The summed E-state index contributed by atoms with van der Waals surface area (Å²) in [5, 5.41) is 11.2. The number of hydrogen-bond acceptors (Lipinski definition) is 1. The zero-order valence-electron chi connectivity index (χ0n) is 7.09. The van der Waals surface area contributed by atoms with Crippen molar-refractivity contribution in [2.24, 2.45) is 0 Å². The van der Waals surface area contributed by atoms with Crippen molar-refractivity contribution in [3.8, 4) is 0 Å². The second-order valence-corrected chi connectivity index (χ2v) is 3.00. The molecule has 2 aromatic rings. The third kappa shape index (κ3) is 0.794. The molecule has 1 aromatic heterocycles. The number of aromatic nitrogens is 2. The Kier molecular flexibility index (Phi) is 1.33. The Labute approximate surface area is 70.2 Å². The van der Waals surface area contributed by atoms with Gasteiger partial charge in [-0.25, -0.2) is 9.71 Å². The second kappa shape index (κ2) is 2.24. The van der Waals surface area contributed by atoms with Crippen LogP contribution in [0.4, 0.5) is 0 Å². The summed E-state index contributed by atoms with van der Waals surface area (Å²) in [4.78, 5) is 2.91. The molecule has 0 aliphatic heterocycles. The maximum Gasteiger partial charge on any atom is 0.245 e. The number of hydrogen-bond donors (Lipinski definition) is 1. The van der Waals surface area contributed by atoms with E-state index in [4.69, 9.17) is 0 Å². The van der Waals surface area contributed by atoms with Crippen molar-refractivity contribution in [2.45, 2.75) is 13.8 Å². The number of imidazole rings is 1. The minimum Gasteiger partial charge on any atom is -0.710 e. The molecular formula is C9H10N2O. The molecule has 3 nitrogen and oxygen atoms in total. The molecule has 2 rings (SSSR count). The highest BCUT2D eigenvalue weighted by Crippen LogP contribution is 2.15. The summed E-state index contributed by atoms with van der Waals surface area (Å²) in [7, 11) is 0. The predicted octanol–water partition coefficient (Wildman–Crippen LogP) is 1.42. The van der Waals surface area contributed by atoms with E-state index in [1.807, 2.05) is 26.0 Å². The van der Waals surface area contributed by atoms with Gasteiger partial charge in [0.1, 0.15) is 0 Å². The average molecular weight is 162 g/mol. The first kappa shape index (κ1) is 7.16. The summed E-state index contributed by atoms with van der Waals surface area (Å²) in [6, 6.07) is 3.93. The van der Waals surface area contributed by atoms with Crippen molar-refractivity contribution in [3.05, 3.63) is 34.8 Å². The van der Waals surface area contributed by atoms with Gasteiger partial charge in [0.05, 0.1) is 0 Å². The summed E-state index contributed by atoms with van der Waals surface area (Å²) in [6.07, 6.45) is 1.43. The summed E-state index contributed by atoms with van der Waals surface area (Å²) < 4.78 is 0.873. The van der Waals surface area contributed by atoms with Crippen LogP contribution in [-0.4, -0.2) is 4.98 Å². The first-order valence-electron chi connectivity index (χ1n) is 3.86. The quantitative estimate of drug-likeness (QED) is 0.462. The molecule has 62 valence electrons. The maximum atomic E-state index is 11.2. The van der Waals surface area contributed by atoms with Crippen molar-refractivity contribution in [2.75, 3.05) is 0 Å². The van der Waals surface area contributed by atoms with Gasteiger partial charge in [0.15, 0.2) is 11.0 Å². The van der Waals surface area contributed by atoms with Gasteiger partial charge in [-0.2, -0.15) is 0 Å². The topological polar surface area (TPSA) is 42.7 Å². The van der Waals surface area contributed by atoms with Crippen LogP contribution < -0.4 is 4.73 Å². The van der Waals surface area contributed by atoms with E-state index in [0.29, 0.717) is 0 Å². The Balaban J connectivity index is 2.96. The molecule has 0 aliphatic rings. The van der Waals surface area contributed by atoms with E-state index in [1.54, 1.807) is 0 Å². The van der Waals surface area contributed by atoms with E-state index in [1.165, 1.54) is 6.33 Å². The van der Waals surface area contributed by atoms with E-state index in [9.17, 15) is 5.21 Å². The van der Waals surface area contributed by atoms with Gasteiger partial charge in [0.25, 0.3) is 0 Å². The highest BCUT2D eigenvalue weighted by molar-refractivity contribution is 5.76. The fourth-order valence-electron chi connectivity index (χ4n) is 1.39. The molecule has 0 radical (unpaired) electrons. The van der Waals surface area contributed by atoms with Crippen molar-refractivity contribution in [1.82, 2.24) is 4.98 Å². The summed E-state index contributed by atoms with van der Waals surface area (Å²) in [6.45, 7) is 3.96. The number of nitrogens with zero attached hydrogens (tertiary/aromatic N) is 1. The Morgan fingerprint density at radius 2 is 2.08 bits per heavy atom. The van der Waals surface area contributed by atoms with Gasteiger partial charge in [-0.05, 0) is 25.5 Å². The molecule has 1 aromatic carbocycles. The van der Waals surface area contributed by atoms with Gasteiger partial charge in [-0.1, -0.05) is 6.07 Å². The number of rotatable bonds is 0. The normalized spacial score (nSPS) is 10.8. The number of aromatic amines is 1. The molecule has 0 fully saturated rings. The van der Waals surface area contributed by atoms with Crippen LogP contribution in [-0.2, 0) is 0 Å². The lowest BCUT2D eigenvalue weighted by Gasteiger charge is -2.01. The Morgan fingerprint density at radius 1 is 1.33 bits per heavy atom. The molecule has 0 amide bonds. The van der Waals surface area contributed by atoms with Crippen molar-refractivity contribution in [3.63, 3.8) is 0 Å². The Morgan fingerprint density at radius 3 is 2.83 bits per heavy atom. The van der Waals surface area contributed by atoms with Gasteiger partial charge in [-0.3, -0.25) is 0 Å². The van der Waals surface area contributed by atoms with Crippen molar-refractivity contribution in [1.29, 1.82) is 0 Å². The smallest absolute Gasteiger partial charge is 0.245 e. The molecule has 0 unspecified atom stereocenters. The van der Waals surface area contributed by atoms with Crippen LogP contribution in [0.1, 0.15) is 11.1 Å². The highest BCUT2D eigenvalue weighted by Gasteiger charge is 2.08. The van der Waals surface area contributed by atoms with Gasteiger partial charge in [0.2, 0.25) is 6.33 Å². The van der Waals surface area contributed by atoms with E-state index < -0.39 is 0 Å². The summed E-state index contributed by atoms with van der Waals surface area (Å²) in [5.74, 6) is 0. The lowest BCUT2D eigenvalue weighted by molar-refractivity contribution is -0.577. The minimum absolute atomic E-state index is 0.745. The lowest BCUT2D eigenvalue weighted by Crippen LogP contribution is -2.23. The van der Waals surface area contributed by atoms with E-state index in [0.717, 1.165) is 26.9 Å². The molecule has 0 saturated heterocycles. The number of nitrogens with one attached hydrogen (secondary N) is 1. The number of aryl methyl sites for hydroxylation is 2. The number of H-pyrrole nitrogens is 1. The molecule has 0 atom stereocenters. The highest BCUT2D eigenvalue weighted by atomic mass is 16.5. The van der Waals surface area contributed by atoms with E-state index in [-0.39, 0.29) is 0 Å². The molecule has 1 heterocycles. The van der Waals surface area contributed by atoms with Gasteiger partial charge < -0.3 is 5.21 Å². The largest absolute Gasteiger partial charge is 0.710 e. The minimum atomic E-state index is 0.745. The van der Waals surface area contributed by atoms with Crippen LogP contribution in [0, 0.1) is 19.1 Å². The monoisotopic (exact) mass is 162 g/mol. The average Bonchev–Trinajstić information content (AvgIpc) is 2.41. The molecular weight excluding hydrogens is 152 g/mol. The summed E-state index contributed by atoms with van der Waals surface area (Å²) in [5.41, 5.74) is 3.83. The zero-order chi connectivity index (χ0) is 8.72. The van der Waals surface area contributed by atoms with Crippen LogP contribution in [0.3, 0.4) is 0 Å². The van der Waals surface area contributed by atoms with Crippen LogP contribution in [0.5, 0.6) is 0 Å². The maximum absolute atomic E-state index is 11.2. The van der Waals surface area contributed by atoms with Crippen LogP contribution in [0.25, 0.3) is 11.0 Å². The van der Waals surface area contributed by atoms with Gasteiger partial charge in [0, 0.05) is 5.56 Å². The zero-order valence-corrected chi connectivity index (χ0v) is 7.09. The molecule has 0 saturated carbocycles. The third-order valence-electron chi connectivity index (χ3n) is 2.26. The number of fused-ring (bicyclic) bond motifs is 1.